The van der Waals surface area contributed by atoms with Gasteiger partial charge in [-0.2, -0.15) is 0 Å². The third kappa shape index (κ3) is 4.20. The molecule has 1 aromatic heterocycles. The van der Waals surface area contributed by atoms with Crippen molar-refractivity contribution >= 4 is 23.3 Å². The quantitative estimate of drug-likeness (QED) is 0.856. The molecule has 0 radical (unpaired) electrons. The number of carbonyl (C=O) groups excluding carboxylic acids is 1. The highest BCUT2D eigenvalue weighted by molar-refractivity contribution is 6.30. The number of nitrogens with zero attached hydrogens (tertiary/aromatic N) is 1. The highest BCUT2D eigenvalue weighted by Crippen LogP contribution is 2.24. The fourth-order valence-corrected chi connectivity index (χ4v) is 2.01. The van der Waals surface area contributed by atoms with E-state index in [1.165, 1.54) is 0 Å². The number of carbonyl (C=O) groups is 1. The van der Waals surface area contributed by atoms with Crippen LogP contribution in [0.1, 0.15) is 12.5 Å². The predicted molar refractivity (Wildman–Crippen MR) is 84.5 cm³/mol. The molecular formula is C16H17ClN2O2. The third-order valence-corrected chi connectivity index (χ3v) is 3.21. The largest absolute Gasteiger partial charge is 0.465 e. The van der Waals surface area contributed by atoms with Crippen molar-refractivity contribution in [1.82, 2.24) is 4.98 Å². The minimum Gasteiger partial charge on any atom is -0.465 e. The number of aromatic nitrogens is 1. The molecule has 2 aromatic rings. The second-order valence-corrected chi connectivity index (χ2v) is 4.99. The van der Waals surface area contributed by atoms with Crippen LogP contribution in [0.4, 0.5) is 5.69 Å². The summed E-state index contributed by atoms with van der Waals surface area (Å²) in [6.45, 7) is 4.29. The van der Waals surface area contributed by atoms with Crippen molar-refractivity contribution < 1.29 is 9.53 Å². The molecule has 0 unspecified atom stereocenters. The molecule has 0 aliphatic rings. The van der Waals surface area contributed by atoms with Gasteiger partial charge in [-0.25, -0.2) is 0 Å². The highest BCUT2D eigenvalue weighted by Gasteiger charge is 2.06. The fraction of sp³-hybridized carbons (Fsp3) is 0.250. The maximum atomic E-state index is 11.4. The van der Waals surface area contributed by atoms with E-state index in [1.54, 1.807) is 19.2 Å². The van der Waals surface area contributed by atoms with Crippen LogP contribution in [0.2, 0.25) is 5.02 Å². The second kappa shape index (κ2) is 7.09. The van der Waals surface area contributed by atoms with Crippen molar-refractivity contribution in [2.24, 2.45) is 0 Å². The first kappa shape index (κ1) is 15.3. The number of hydrogen-bond acceptors (Lipinski definition) is 4. The first-order chi connectivity index (χ1) is 10.1. The van der Waals surface area contributed by atoms with Gasteiger partial charge in [-0.1, -0.05) is 23.7 Å². The summed E-state index contributed by atoms with van der Waals surface area (Å²) >= 11 is 5.84. The van der Waals surface area contributed by atoms with Crippen LogP contribution in [0, 0.1) is 6.92 Å². The van der Waals surface area contributed by atoms with Crippen molar-refractivity contribution in [2.75, 3.05) is 18.5 Å². The van der Waals surface area contributed by atoms with Crippen molar-refractivity contribution in [3.63, 3.8) is 0 Å². The summed E-state index contributed by atoms with van der Waals surface area (Å²) in [5, 5.41) is 3.69. The standard InChI is InChI=1S/C16H17ClN2O2/c1-3-21-16(20)10-19-15-8-12(5-4-11(15)2)14-7-6-13(17)9-18-14/h4-9,19H,3,10H2,1-2H3. The maximum Gasteiger partial charge on any atom is 0.325 e. The van der Waals surface area contributed by atoms with Crippen LogP contribution in [0.25, 0.3) is 11.3 Å². The molecule has 1 heterocycles. The van der Waals surface area contributed by atoms with Crippen LogP contribution >= 0.6 is 11.6 Å². The number of rotatable bonds is 5. The zero-order valence-electron chi connectivity index (χ0n) is 12.0. The second-order valence-electron chi connectivity index (χ2n) is 4.55. The van der Waals surface area contributed by atoms with Crippen LogP contribution in [0.5, 0.6) is 0 Å². The van der Waals surface area contributed by atoms with Gasteiger partial charge in [0, 0.05) is 17.4 Å². The minimum absolute atomic E-state index is 0.145. The molecule has 1 aromatic carbocycles. The molecule has 0 spiro atoms. The van der Waals surface area contributed by atoms with Crippen LogP contribution < -0.4 is 5.32 Å². The van der Waals surface area contributed by atoms with Crippen LogP contribution in [0.3, 0.4) is 0 Å². The normalized spacial score (nSPS) is 10.2. The Morgan fingerprint density at radius 1 is 1.33 bits per heavy atom. The number of halogens is 1. The zero-order valence-corrected chi connectivity index (χ0v) is 12.8. The van der Waals surface area contributed by atoms with Crippen molar-refractivity contribution in [3.05, 3.63) is 47.1 Å². The molecule has 2 rings (SSSR count). The lowest BCUT2D eigenvalue weighted by Gasteiger charge is -2.11. The Hall–Kier alpha value is -2.07. The van der Waals surface area contributed by atoms with E-state index in [0.29, 0.717) is 11.6 Å². The lowest BCUT2D eigenvalue weighted by atomic mass is 10.1. The highest BCUT2D eigenvalue weighted by atomic mass is 35.5. The molecule has 0 bridgehead atoms. The van der Waals surface area contributed by atoms with E-state index in [-0.39, 0.29) is 12.5 Å². The number of hydrogen-bond donors (Lipinski definition) is 1. The Morgan fingerprint density at radius 2 is 2.14 bits per heavy atom. The average Bonchev–Trinajstić information content (AvgIpc) is 2.48. The Morgan fingerprint density at radius 3 is 2.81 bits per heavy atom. The summed E-state index contributed by atoms with van der Waals surface area (Å²) in [5.74, 6) is -0.271. The van der Waals surface area contributed by atoms with Gasteiger partial charge in [0.15, 0.2) is 0 Å². The molecule has 0 aliphatic heterocycles. The van der Waals surface area contributed by atoms with Crippen LogP contribution in [0.15, 0.2) is 36.5 Å². The first-order valence-electron chi connectivity index (χ1n) is 6.72. The Kier molecular flexibility index (Phi) is 5.17. The van der Waals surface area contributed by atoms with Gasteiger partial charge >= 0.3 is 5.97 Å². The Labute approximate surface area is 129 Å². The summed E-state index contributed by atoms with van der Waals surface area (Å²) in [5.41, 5.74) is 3.73. The van der Waals surface area contributed by atoms with Crippen molar-refractivity contribution in [2.45, 2.75) is 13.8 Å². The van der Waals surface area contributed by atoms with E-state index in [4.69, 9.17) is 16.3 Å². The molecule has 0 fully saturated rings. The number of benzene rings is 1. The van der Waals surface area contributed by atoms with Gasteiger partial charge in [-0.3, -0.25) is 9.78 Å². The summed E-state index contributed by atoms with van der Waals surface area (Å²) in [6, 6.07) is 9.60. The summed E-state index contributed by atoms with van der Waals surface area (Å²) < 4.78 is 4.90. The number of esters is 1. The molecule has 4 nitrogen and oxygen atoms in total. The lowest BCUT2D eigenvalue weighted by molar-refractivity contribution is -0.140. The van der Waals surface area contributed by atoms with Gasteiger partial charge < -0.3 is 10.1 Å². The SMILES string of the molecule is CCOC(=O)CNc1cc(-c2ccc(Cl)cn2)ccc1C. The predicted octanol–water partition coefficient (Wildman–Crippen LogP) is 3.69. The van der Waals surface area contributed by atoms with E-state index >= 15 is 0 Å². The number of nitrogens with one attached hydrogen (secondary N) is 1. The van der Waals surface area contributed by atoms with Gasteiger partial charge in [0.05, 0.1) is 17.3 Å². The molecule has 0 saturated heterocycles. The first-order valence-corrected chi connectivity index (χ1v) is 7.10. The number of ether oxygens (including phenoxy) is 1. The smallest absolute Gasteiger partial charge is 0.325 e. The molecule has 0 amide bonds. The van der Waals surface area contributed by atoms with E-state index in [9.17, 15) is 4.79 Å². The van der Waals surface area contributed by atoms with E-state index in [1.807, 2.05) is 31.2 Å². The fourth-order valence-electron chi connectivity index (χ4n) is 1.90. The Balaban J connectivity index is 2.17. The Bertz CT molecular complexity index is 627. The minimum atomic E-state index is -0.271. The van der Waals surface area contributed by atoms with Crippen molar-refractivity contribution in [3.8, 4) is 11.3 Å². The number of aryl methyl sites for hydroxylation is 1. The lowest BCUT2D eigenvalue weighted by Crippen LogP contribution is -2.17. The monoisotopic (exact) mass is 304 g/mol. The maximum absolute atomic E-state index is 11.4. The summed E-state index contributed by atoms with van der Waals surface area (Å²) in [7, 11) is 0. The van der Waals surface area contributed by atoms with Crippen LogP contribution in [-0.4, -0.2) is 24.1 Å². The molecule has 21 heavy (non-hydrogen) atoms. The topological polar surface area (TPSA) is 51.2 Å². The molecule has 110 valence electrons. The van der Waals surface area contributed by atoms with Gasteiger partial charge in [0.25, 0.3) is 0 Å². The molecular weight excluding hydrogens is 288 g/mol. The molecule has 0 aliphatic carbocycles. The van der Waals surface area contributed by atoms with E-state index < -0.39 is 0 Å². The molecule has 1 N–H and O–H groups in total. The molecule has 5 heteroatoms. The van der Waals surface area contributed by atoms with Gasteiger partial charge in [0.1, 0.15) is 6.54 Å². The van der Waals surface area contributed by atoms with E-state index in [2.05, 4.69) is 10.3 Å². The van der Waals surface area contributed by atoms with E-state index in [0.717, 1.165) is 22.5 Å². The summed E-state index contributed by atoms with van der Waals surface area (Å²) in [4.78, 5) is 15.7. The summed E-state index contributed by atoms with van der Waals surface area (Å²) in [6.07, 6.45) is 1.61. The van der Waals surface area contributed by atoms with Gasteiger partial charge in [0.2, 0.25) is 0 Å². The molecule has 0 saturated carbocycles. The third-order valence-electron chi connectivity index (χ3n) is 2.99. The van der Waals surface area contributed by atoms with Gasteiger partial charge in [-0.05, 0) is 37.6 Å². The average molecular weight is 305 g/mol. The van der Waals surface area contributed by atoms with Crippen molar-refractivity contribution in [1.29, 1.82) is 0 Å². The number of anilines is 1. The zero-order chi connectivity index (χ0) is 15.2. The number of pyridine rings is 1. The van der Waals surface area contributed by atoms with Crippen LogP contribution in [-0.2, 0) is 9.53 Å². The molecule has 0 atom stereocenters. The van der Waals surface area contributed by atoms with Gasteiger partial charge in [-0.15, -0.1) is 0 Å².